The Labute approximate surface area is 176 Å². The van der Waals surface area contributed by atoms with E-state index in [1.807, 2.05) is 41.1 Å². The zero-order chi connectivity index (χ0) is 19.7. The number of amides is 1. The zero-order valence-electron chi connectivity index (χ0n) is 15.1. The molecule has 0 unspecified atom stereocenters. The first-order chi connectivity index (χ1) is 13.5. The van der Waals surface area contributed by atoms with Gasteiger partial charge in [-0.2, -0.15) is 5.10 Å². The highest BCUT2D eigenvalue weighted by Crippen LogP contribution is 2.30. The maximum Gasteiger partial charge on any atom is 0.407 e. The van der Waals surface area contributed by atoms with Crippen molar-refractivity contribution in [2.75, 3.05) is 13.1 Å². The Morgan fingerprint density at radius 3 is 2.43 bits per heavy atom. The lowest BCUT2D eigenvalue weighted by atomic mass is 10.0. The van der Waals surface area contributed by atoms with Crippen LogP contribution < -0.4 is 0 Å². The third-order valence-corrected chi connectivity index (χ3v) is 5.83. The van der Waals surface area contributed by atoms with Crippen molar-refractivity contribution in [1.29, 1.82) is 0 Å². The Kier molecular flexibility index (Phi) is 5.42. The predicted octanol–water partition coefficient (Wildman–Crippen LogP) is 5.09. The number of hydrogen-bond acceptors (Lipinski definition) is 2. The van der Waals surface area contributed by atoms with Crippen LogP contribution in [0.25, 0.3) is 11.3 Å². The monoisotopic (exact) mass is 459 g/mol. The molecule has 2 heterocycles. The minimum absolute atomic E-state index is 0.479. The van der Waals surface area contributed by atoms with Crippen LogP contribution in [0, 0.1) is 0 Å². The van der Waals surface area contributed by atoms with Crippen LogP contribution in [0.4, 0.5) is 4.79 Å². The fourth-order valence-electron chi connectivity index (χ4n) is 3.60. The molecule has 0 spiro atoms. The van der Waals surface area contributed by atoms with Crippen molar-refractivity contribution < 1.29 is 9.90 Å². The van der Waals surface area contributed by atoms with Crippen LogP contribution in [0.2, 0.25) is 5.02 Å². The van der Waals surface area contributed by atoms with Gasteiger partial charge in [-0.15, -0.1) is 0 Å². The average molecular weight is 461 g/mol. The van der Waals surface area contributed by atoms with Gasteiger partial charge in [0.05, 0.1) is 12.2 Å². The first kappa shape index (κ1) is 19.0. The molecule has 5 nitrogen and oxygen atoms in total. The maximum atomic E-state index is 11.5. The summed E-state index contributed by atoms with van der Waals surface area (Å²) in [6.45, 7) is 1.61. The Hall–Kier alpha value is -2.31. The van der Waals surface area contributed by atoms with E-state index in [-0.39, 0.29) is 0 Å². The van der Waals surface area contributed by atoms with E-state index in [9.17, 15) is 9.90 Å². The van der Waals surface area contributed by atoms with E-state index >= 15 is 0 Å². The molecule has 1 aliphatic rings. The van der Waals surface area contributed by atoms with E-state index < -0.39 is 6.09 Å². The molecule has 0 saturated carbocycles. The number of fused-ring (bicyclic) bond motifs is 1. The van der Waals surface area contributed by atoms with E-state index in [4.69, 9.17) is 16.7 Å². The molecule has 0 atom stereocenters. The van der Waals surface area contributed by atoms with Crippen molar-refractivity contribution in [1.82, 2.24) is 14.7 Å². The molecule has 1 amide bonds. The maximum absolute atomic E-state index is 11.5. The van der Waals surface area contributed by atoms with Gasteiger partial charge in [0, 0.05) is 45.8 Å². The second kappa shape index (κ2) is 7.97. The quantitative estimate of drug-likeness (QED) is 0.592. The molecular weight excluding hydrogens is 442 g/mol. The fraction of sp³-hybridized carbons (Fsp3) is 0.238. The van der Waals surface area contributed by atoms with E-state index in [2.05, 4.69) is 28.1 Å². The second-order valence-corrected chi connectivity index (χ2v) is 8.19. The smallest absolute Gasteiger partial charge is 0.407 e. The molecule has 0 bridgehead atoms. The molecule has 0 saturated heterocycles. The Balaban J connectivity index is 1.75. The third-order valence-electron chi connectivity index (χ3n) is 5.05. The summed E-state index contributed by atoms with van der Waals surface area (Å²) < 4.78 is 3.06. The van der Waals surface area contributed by atoms with Crippen LogP contribution >= 0.6 is 27.5 Å². The Morgan fingerprint density at radius 1 is 1.07 bits per heavy atom. The summed E-state index contributed by atoms with van der Waals surface area (Å²) in [6.07, 6.45) is 0.434. The van der Waals surface area contributed by atoms with E-state index in [0.717, 1.165) is 32.6 Å². The summed E-state index contributed by atoms with van der Waals surface area (Å²) >= 11 is 9.51. The van der Waals surface area contributed by atoms with Crippen molar-refractivity contribution in [2.45, 2.75) is 19.4 Å². The number of nitrogens with zero attached hydrogens (tertiary/aromatic N) is 3. The van der Waals surface area contributed by atoms with Gasteiger partial charge in [0.15, 0.2) is 0 Å². The van der Waals surface area contributed by atoms with Gasteiger partial charge in [-0.05, 0) is 36.2 Å². The van der Waals surface area contributed by atoms with Crippen molar-refractivity contribution in [3.05, 3.63) is 74.8 Å². The van der Waals surface area contributed by atoms with Crippen LogP contribution in [-0.4, -0.2) is 39.0 Å². The van der Waals surface area contributed by atoms with Crippen LogP contribution in [0.3, 0.4) is 0 Å². The molecular formula is C21H19BrClN3O2. The van der Waals surface area contributed by atoms with Gasteiger partial charge in [0.2, 0.25) is 0 Å². The van der Waals surface area contributed by atoms with Crippen LogP contribution in [-0.2, 0) is 19.4 Å². The molecule has 1 aliphatic heterocycles. The van der Waals surface area contributed by atoms with E-state index in [1.54, 1.807) is 0 Å². The van der Waals surface area contributed by atoms with Gasteiger partial charge in [-0.1, -0.05) is 51.8 Å². The zero-order valence-corrected chi connectivity index (χ0v) is 17.4. The van der Waals surface area contributed by atoms with Crippen molar-refractivity contribution in [2.24, 2.45) is 0 Å². The van der Waals surface area contributed by atoms with Gasteiger partial charge >= 0.3 is 6.09 Å². The molecule has 1 N–H and O–H groups in total. The molecule has 3 aromatic rings. The van der Waals surface area contributed by atoms with Crippen LogP contribution in [0.1, 0.15) is 16.8 Å². The summed E-state index contributed by atoms with van der Waals surface area (Å²) in [5.41, 5.74) is 5.30. The molecule has 0 aliphatic carbocycles. The first-order valence-corrected chi connectivity index (χ1v) is 10.2. The normalized spacial score (nSPS) is 13.9. The summed E-state index contributed by atoms with van der Waals surface area (Å²) in [5.74, 6) is 0. The molecule has 0 radical (unpaired) electrons. The van der Waals surface area contributed by atoms with Gasteiger partial charge < -0.3 is 10.0 Å². The lowest BCUT2D eigenvalue weighted by Crippen LogP contribution is -2.32. The molecule has 2 aromatic carbocycles. The highest BCUT2D eigenvalue weighted by atomic mass is 79.9. The fourth-order valence-corrected chi connectivity index (χ4v) is 3.99. The average Bonchev–Trinajstić information content (AvgIpc) is 2.86. The number of halogens is 2. The molecule has 144 valence electrons. The lowest BCUT2D eigenvalue weighted by molar-refractivity contribution is 0.147. The Bertz CT molecular complexity index is 1000. The number of benzene rings is 2. The SMILES string of the molecule is O=C(O)N1CCc2c(-c3ccc(Cl)cc3)nn(Cc3ccc(Br)cc3)c2CC1. The third kappa shape index (κ3) is 3.93. The van der Waals surface area contributed by atoms with Gasteiger partial charge in [0.25, 0.3) is 0 Å². The second-order valence-electron chi connectivity index (χ2n) is 6.83. The van der Waals surface area contributed by atoms with E-state index in [0.29, 0.717) is 37.5 Å². The van der Waals surface area contributed by atoms with Gasteiger partial charge in [-0.25, -0.2) is 4.79 Å². The highest BCUT2D eigenvalue weighted by Gasteiger charge is 2.25. The highest BCUT2D eigenvalue weighted by molar-refractivity contribution is 9.10. The largest absolute Gasteiger partial charge is 0.465 e. The lowest BCUT2D eigenvalue weighted by Gasteiger charge is -2.16. The minimum atomic E-state index is -0.870. The number of hydrogen-bond donors (Lipinski definition) is 1. The Morgan fingerprint density at radius 2 is 1.75 bits per heavy atom. The van der Waals surface area contributed by atoms with Crippen LogP contribution in [0.5, 0.6) is 0 Å². The summed E-state index contributed by atoms with van der Waals surface area (Å²) in [6, 6.07) is 15.8. The van der Waals surface area contributed by atoms with E-state index in [1.165, 1.54) is 4.90 Å². The summed E-state index contributed by atoms with van der Waals surface area (Å²) in [5, 5.41) is 15.0. The predicted molar refractivity (Wildman–Crippen MR) is 113 cm³/mol. The first-order valence-electron chi connectivity index (χ1n) is 9.08. The van der Waals surface area contributed by atoms with Crippen LogP contribution in [0.15, 0.2) is 53.0 Å². The van der Waals surface area contributed by atoms with Gasteiger partial charge in [0.1, 0.15) is 0 Å². The number of aromatic nitrogens is 2. The molecule has 4 rings (SSSR count). The number of rotatable bonds is 3. The summed E-state index contributed by atoms with van der Waals surface area (Å²) in [4.78, 5) is 12.9. The molecule has 7 heteroatoms. The number of carbonyl (C=O) groups is 1. The van der Waals surface area contributed by atoms with Crippen molar-refractivity contribution in [3.8, 4) is 11.3 Å². The standard InChI is InChI=1S/C21H19BrClN3O2/c22-16-5-1-14(2-6-16)13-26-19-10-12-25(21(27)28)11-9-18(19)20(24-26)15-3-7-17(23)8-4-15/h1-8H,9-13H2,(H,27,28). The topological polar surface area (TPSA) is 58.4 Å². The minimum Gasteiger partial charge on any atom is -0.465 e. The van der Waals surface area contributed by atoms with Gasteiger partial charge in [-0.3, -0.25) is 4.68 Å². The molecule has 1 aromatic heterocycles. The number of carboxylic acid groups (broad SMARTS) is 1. The summed E-state index contributed by atoms with van der Waals surface area (Å²) in [7, 11) is 0. The molecule has 0 fully saturated rings. The van der Waals surface area contributed by atoms with Crippen molar-refractivity contribution in [3.63, 3.8) is 0 Å². The van der Waals surface area contributed by atoms with Crippen molar-refractivity contribution >= 4 is 33.6 Å². The molecule has 28 heavy (non-hydrogen) atoms.